The smallest absolute Gasteiger partial charge is 0.120 e. The Bertz CT molecular complexity index is 519. The van der Waals surface area contributed by atoms with Crippen LogP contribution in [0.15, 0.2) is 18.2 Å². The summed E-state index contributed by atoms with van der Waals surface area (Å²) in [4.78, 5) is 4.66. The van der Waals surface area contributed by atoms with Crippen molar-refractivity contribution in [1.29, 1.82) is 0 Å². The van der Waals surface area contributed by atoms with Crippen molar-refractivity contribution in [2.24, 2.45) is 5.73 Å². The molecule has 2 N–H and O–H groups in total. The molecular weight excluding hydrogens is 232 g/mol. The number of fused-ring (bicyclic) bond motifs is 1. The van der Waals surface area contributed by atoms with E-state index >= 15 is 0 Å². The zero-order chi connectivity index (χ0) is 11.7. The first kappa shape index (κ1) is 11.0. The molecule has 0 spiro atoms. The lowest BCUT2D eigenvalue weighted by Crippen LogP contribution is -2.05. The third-order valence-corrected chi connectivity index (χ3v) is 4.10. The number of aromatic nitrogens is 1. The normalized spacial score (nSPS) is 15.4. The van der Waals surface area contributed by atoms with Gasteiger partial charge in [0.2, 0.25) is 0 Å². The first-order valence-corrected chi connectivity index (χ1v) is 6.92. The Morgan fingerprint density at radius 2 is 2.29 bits per heavy atom. The monoisotopic (exact) mass is 248 g/mol. The summed E-state index contributed by atoms with van der Waals surface area (Å²) in [6, 6.07) is 6.14. The van der Waals surface area contributed by atoms with Crippen LogP contribution < -0.4 is 10.5 Å². The lowest BCUT2D eigenvalue weighted by molar-refractivity contribution is 0.314. The van der Waals surface area contributed by atoms with E-state index in [2.05, 4.69) is 17.1 Å². The molecule has 0 unspecified atom stereocenters. The minimum absolute atomic E-state index is 0.675. The van der Waals surface area contributed by atoms with E-state index in [-0.39, 0.29) is 0 Å². The van der Waals surface area contributed by atoms with Crippen LogP contribution in [0.3, 0.4) is 0 Å². The Morgan fingerprint density at radius 1 is 1.41 bits per heavy atom. The highest BCUT2D eigenvalue weighted by Gasteiger charge is 2.26. The van der Waals surface area contributed by atoms with Crippen molar-refractivity contribution >= 4 is 21.6 Å². The maximum absolute atomic E-state index is 5.64. The lowest BCUT2D eigenvalue weighted by Gasteiger charge is -2.04. The fourth-order valence-corrected chi connectivity index (χ4v) is 2.96. The summed E-state index contributed by atoms with van der Waals surface area (Å²) in [5.74, 6) is 1.66. The van der Waals surface area contributed by atoms with Crippen LogP contribution in [0, 0.1) is 0 Å². The standard InChI is InChI=1S/C13H16N2OS/c14-6-1-7-16-10-4-5-11-12(8-10)17-13(15-11)9-2-3-9/h4-5,8-9H,1-3,6-7,14H2. The fraction of sp³-hybridized carbons (Fsp3) is 0.462. The number of ether oxygens (including phenoxy) is 1. The first-order chi connectivity index (χ1) is 8.36. The van der Waals surface area contributed by atoms with Crippen molar-refractivity contribution in [2.45, 2.75) is 25.2 Å². The van der Waals surface area contributed by atoms with Gasteiger partial charge in [0.05, 0.1) is 21.8 Å². The van der Waals surface area contributed by atoms with Crippen LogP contribution in [0.5, 0.6) is 5.75 Å². The van der Waals surface area contributed by atoms with Crippen molar-refractivity contribution in [1.82, 2.24) is 4.98 Å². The van der Waals surface area contributed by atoms with Gasteiger partial charge in [0.25, 0.3) is 0 Å². The van der Waals surface area contributed by atoms with Gasteiger partial charge in [-0.15, -0.1) is 11.3 Å². The Morgan fingerprint density at radius 3 is 3.06 bits per heavy atom. The molecule has 2 aromatic rings. The zero-order valence-electron chi connectivity index (χ0n) is 9.69. The number of benzene rings is 1. The molecule has 1 aromatic carbocycles. The molecule has 1 heterocycles. The van der Waals surface area contributed by atoms with Crippen molar-refractivity contribution < 1.29 is 4.74 Å². The first-order valence-electron chi connectivity index (χ1n) is 6.10. The molecule has 17 heavy (non-hydrogen) atoms. The fourth-order valence-electron chi connectivity index (χ4n) is 1.79. The second-order valence-corrected chi connectivity index (χ2v) is 5.51. The average Bonchev–Trinajstić information content (AvgIpc) is 3.10. The number of nitrogens with two attached hydrogens (primary N) is 1. The van der Waals surface area contributed by atoms with Gasteiger partial charge in [-0.3, -0.25) is 0 Å². The van der Waals surface area contributed by atoms with Gasteiger partial charge < -0.3 is 10.5 Å². The van der Waals surface area contributed by atoms with E-state index in [9.17, 15) is 0 Å². The quantitative estimate of drug-likeness (QED) is 0.828. The van der Waals surface area contributed by atoms with Gasteiger partial charge in [0.15, 0.2) is 0 Å². The molecule has 1 saturated carbocycles. The highest BCUT2D eigenvalue weighted by atomic mass is 32.1. The van der Waals surface area contributed by atoms with Crippen molar-refractivity contribution in [3.05, 3.63) is 23.2 Å². The number of rotatable bonds is 5. The van der Waals surface area contributed by atoms with Crippen LogP contribution in [-0.4, -0.2) is 18.1 Å². The molecule has 0 bridgehead atoms. The largest absolute Gasteiger partial charge is 0.493 e. The minimum Gasteiger partial charge on any atom is -0.493 e. The van der Waals surface area contributed by atoms with E-state index in [0.29, 0.717) is 13.2 Å². The second-order valence-electron chi connectivity index (χ2n) is 4.45. The molecule has 90 valence electrons. The highest BCUT2D eigenvalue weighted by Crippen LogP contribution is 2.43. The summed E-state index contributed by atoms with van der Waals surface area (Å²) >= 11 is 1.81. The molecule has 0 radical (unpaired) electrons. The van der Waals surface area contributed by atoms with Gasteiger partial charge in [-0.2, -0.15) is 0 Å². The van der Waals surface area contributed by atoms with Gasteiger partial charge in [0.1, 0.15) is 5.75 Å². The molecule has 1 fully saturated rings. The third-order valence-electron chi connectivity index (χ3n) is 2.92. The third kappa shape index (κ3) is 2.42. The van der Waals surface area contributed by atoms with E-state index in [1.54, 1.807) is 11.3 Å². The maximum Gasteiger partial charge on any atom is 0.120 e. The molecule has 3 nitrogen and oxygen atoms in total. The van der Waals surface area contributed by atoms with Crippen LogP contribution in [0.2, 0.25) is 0 Å². The van der Waals surface area contributed by atoms with Crippen LogP contribution in [-0.2, 0) is 0 Å². The maximum atomic E-state index is 5.64. The van der Waals surface area contributed by atoms with E-state index in [1.807, 2.05) is 6.07 Å². The van der Waals surface area contributed by atoms with E-state index < -0.39 is 0 Å². The van der Waals surface area contributed by atoms with Gasteiger partial charge >= 0.3 is 0 Å². The van der Waals surface area contributed by atoms with Crippen LogP contribution in [0.4, 0.5) is 0 Å². The topological polar surface area (TPSA) is 48.1 Å². The summed E-state index contributed by atoms with van der Waals surface area (Å²) in [6.07, 6.45) is 3.51. The van der Waals surface area contributed by atoms with Crippen molar-refractivity contribution in [3.63, 3.8) is 0 Å². The number of thiazole rings is 1. The molecule has 1 aliphatic rings. The lowest BCUT2D eigenvalue weighted by atomic mass is 10.3. The SMILES string of the molecule is NCCCOc1ccc2nc(C3CC3)sc2c1. The van der Waals surface area contributed by atoms with Crippen molar-refractivity contribution in [2.75, 3.05) is 13.2 Å². The van der Waals surface area contributed by atoms with Crippen LogP contribution in [0.25, 0.3) is 10.2 Å². The molecule has 0 amide bonds. The second kappa shape index (κ2) is 4.63. The Balaban J connectivity index is 1.79. The highest BCUT2D eigenvalue weighted by molar-refractivity contribution is 7.18. The molecule has 0 atom stereocenters. The predicted molar refractivity (Wildman–Crippen MR) is 70.8 cm³/mol. The van der Waals surface area contributed by atoms with Gasteiger partial charge in [-0.05, 0) is 44.0 Å². The Hall–Kier alpha value is -1.13. The van der Waals surface area contributed by atoms with Gasteiger partial charge in [-0.1, -0.05) is 0 Å². The zero-order valence-corrected chi connectivity index (χ0v) is 10.5. The van der Waals surface area contributed by atoms with Crippen molar-refractivity contribution in [3.8, 4) is 5.75 Å². The molecule has 1 aliphatic carbocycles. The number of hydrogen-bond acceptors (Lipinski definition) is 4. The molecule has 1 aromatic heterocycles. The van der Waals surface area contributed by atoms with Crippen LogP contribution >= 0.6 is 11.3 Å². The molecule has 0 saturated heterocycles. The number of nitrogens with zero attached hydrogens (tertiary/aromatic N) is 1. The van der Waals surface area contributed by atoms with E-state index in [0.717, 1.165) is 23.6 Å². The van der Waals surface area contributed by atoms with E-state index in [4.69, 9.17) is 10.5 Å². The predicted octanol–water partition coefficient (Wildman–Crippen LogP) is 2.90. The summed E-state index contributed by atoms with van der Waals surface area (Å²) < 4.78 is 6.87. The summed E-state index contributed by atoms with van der Waals surface area (Å²) in [7, 11) is 0. The summed E-state index contributed by atoms with van der Waals surface area (Å²) in [5, 5.41) is 1.29. The number of hydrogen-bond donors (Lipinski definition) is 1. The van der Waals surface area contributed by atoms with E-state index in [1.165, 1.54) is 22.5 Å². The Labute approximate surface area is 105 Å². The summed E-state index contributed by atoms with van der Waals surface area (Å²) in [6.45, 7) is 1.37. The molecular formula is C13H16N2OS. The van der Waals surface area contributed by atoms with Gasteiger partial charge in [0, 0.05) is 5.92 Å². The molecule has 3 rings (SSSR count). The Kier molecular flexibility index (Phi) is 2.99. The molecule has 0 aliphatic heterocycles. The minimum atomic E-state index is 0.675. The van der Waals surface area contributed by atoms with Crippen LogP contribution in [0.1, 0.15) is 30.2 Å². The summed E-state index contributed by atoms with van der Waals surface area (Å²) in [5.41, 5.74) is 6.54. The van der Waals surface area contributed by atoms with Gasteiger partial charge in [-0.25, -0.2) is 4.98 Å². The molecule has 4 heteroatoms. The average molecular weight is 248 g/mol.